The number of aliphatic hydroxyl groups excluding tert-OH is 1. The molecule has 1 atom stereocenters. The zero-order valence-corrected chi connectivity index (χ0v) is 21.0. The fourth-order valence-electron chi connectivity index (χ4n) is 4.99. The van der Waals surface area contributed by atoms with Crippen molar-refractivity contribution in [2.75, 3.05) is 45.2 Å². The quantitative estimate of drug-likeness (QED) is 0.610. The van der Waals surface area contributed by atoms with E-state index in [2.05, 4.69) is 22.4 Å². The number of hydrogen-bond donors (Lipinski definition) is 2. The summed E-state index contributed by atoms with van der Waals surface area (Å²) in [4.78, 5) is 29.0. The molecule has 0 spiro atoms. The first-order valence-electron chi connectivity index (χ1n) is 12.2. The molecule has 2 aromatic rings. The highest BCUT2D eigenvalue weighted by Gasteiger charge is 2.42. The zero-order valence-electron chi connectivity index (χ0n) is 21.0. The van der Waals surface area contributed by atoms with Gasteiger partial charge in [-0.15, -0.1) is 0 Å². The Kier molecular flexibility index (Phi) is 7.28. The van der Waals surface area contributed by atoms with E-state index in [0.29, 0.717) is 25.1 Å². The van der Waals surface area contributed by atoms with Gasteiger partial charge in [0.25, 0.3) is 5.91 Å². The molecule has 1 unspecified atom stereocenters. The van der Waals surface area contributed by atoms with E-state index in [4.69, 9.17) is 4.74 Å². The molecule has 2 aliphatic rings. The third kappa shape index (κ3) is 5.11. The third-order valence-corrected chi connectivity index (χ3v) is 7.11. The van der Waals surface area contributed by atoms with Gasteiger partial charge >= 0.3 is 0 Å². The number of β-amino-alcohol motifs (C(OH)–C–C–N with tert-alkyl or cyclic N) is 1. The monoisotopic (exact) mass is 477 g/mol. The molecule has 0 radical (unpaired) electrons. The molecule has 7 nitrogen and oxygen atoms in total. The number of nitrogens with zero attached hydrogens (tertiary/aromatic N) is 2. The summed E-state index contributed by atoms with van der Waals surface area (Å²) in [5.41, 5.74) is 3.99. The van der Waals surface area contributed by atoms with Crippen LogP contribution in [-0.2, 0) is 10.2 Å². The van der Waals surface area contributed by atoms with Crippen molar-refractivity contribution in [3.63, 3.8) is 0 Å². The summed E-state index contributed by atoms with van der Waals surface area (Å²) in [7, 11) is 3.45. The van der Waals surface area contributed by atoms with Gasteiger partial charge in [-0.3, -0.25) is 14.5 Å². The van der Waals surface area contributed by atoms with Gasteiger partial charge in [-0.1, -0.05) is 24.3 Å². The topological polar surface area (TPSA) is 82.1 Å². The van der Waals surface area contributed by atoms with Gasteiger partial charge in [-0.25, -0.2) is 0 Å². The largest absolute Gasteiger partial charge is 0.496 e. The minimum Gasteiger partial charge on any atom is -0.496 e. The van der Waals surface area contributed by atoms with E-state index in [1.54, 1.807) is 25.1 Å². The lowest BCUT2D eigenvalue weighted by Crippen LogP contribution is -2.37. The number of anilines is 1. The van der Waals surface area contributed by atoms with Crippen molar-refractivity contribution in [1.29, 1.82) is 0 Å². The van der Waals surface area contributed by atoms with Crippen LogP contribution in [-0.4, -0.2) is 68.3 Å². The van der Waals surface area contributed by atoms with E-state index >= 15 is 0 Å². The summed E-state index contributed by atoms with van der Waals surface area (Å²) < 4.78 is 5.48. The Bertz CT molecular complexity index is 1140. The molecule has 2 N–H and O–H groups in total. The zero-order chi connectivity index (χ0) is 25.2. The van der Waals surface area contributed by atoms with Crippen LogP contribution in [0.4, 0.5) is 5.69 Å². The van der Waals surface area contributed by atoms with Gasteiger partial charge < -0.3 is 20.1 Å². The maximum atomic E-state index is 12.7. The van der Waals surface area contributed by atoms with Crippen LogP contribution in [0.2, 0.25) is 0 Å². The van der Waals surface area contributed by atoms with Crippen LogP contribution >= 0.6 is 0 Å². The molecule has 2 heterocycles. The van der Waals surface area contributed by atoms with Crippen molar-refractivity contribution in [3.8, 4) is 5.75 Å². The van der Waals surface area contributed by atoms with E-state index < -0.39 is 11.5 Å². The summed E-state index contributed by atoms with van der Waals surface area (Å²) in [6.07, 6.45) is 3.05. The summed E-state index contributed by atoms with van der Waals surface area (Å²) in [6.45, 7) is 6.35. The molecule has 0 aromatic heterocycles. The number of hydrogen-bond acceptors (Lipinski definition) is 5. The number of likely N-dealkylation sites (N-methyl/N-ethyl adjacent to an activating group) is 1. The standard InChI is InChI=1S/C28H35N3O4/c1-28(2)23-17-20(9-10-24(23)30(3)27(28)34)26(33)29-14-11-21(32)18-31-15-12-19(13-16-31)22-7-5-6-8-25(22)35-4/h5-10,12,17,21,32H,11,13-16,18H2,1-4H3,(H,29,33). The molecule has 0 aliphatic carbocycles. The number of fused-ring (bicyclic) bond motifs is 1. The molecule has 0 fully saturated rings. The van der Waals surface area contributed by atoms with Gasteiger partial charge in [0, 0.05) is 50.0 Å². The molecule has 4 rings (SSSR count). The number of benzene rings is 2. The highest BCUT2D eigenvalue weighted by atomic mass is 16.5. The van der Waals surface area contributed by atoms with E-state index in [0.717, 1.165) is 42.1 Å². The van der Waals surface area contributed by atoms with Gasteiger partial charge in [0.1, 0.15) is 5.75 Å². The van der Waals surface area contributed by atoms with Crippen molar-refractivity contribution >= 4 is 23.1 Å². The number of aliphatic hydroxyl groups is 1. The van der Waals surface area contributed by atoms with Crippen molar-refractivity contribution in [3.05, 3.63) is 65.2 Å². The Morgan fingerprint density at radius 3 is 2.71 bits per heavy atom. The normalized spacial score (nSPS) is 18.1. The second-order valence-corrected chi connectivity index (χ2v) is 9.86. The minimum absolute atomic E-state index is 0.0239. The fourth-order valence-corrected chi connectivity index (χ4v) is 4.99. The Morgan fingerprint density at radius 1 is 1.23 bits per heavy atom. The number of methoxy groups -OCH3 is 1. The number of ether oxygens (including phenoxy) is 1. The second kappa shape index (κ2) is 10.2. The second-order valence-electron chi connectivity index (χ2n) is 9.86. The van der Waals surface area contributed by atoms with Gasteiger partial charge in [-0.05, 0) is 62.1 Å². The fraction of sp³-hybridized carbons (Fsp3) is 0.429. The highest BCUT2D eigenvalue weighted by Crippen LogP contribution is 2.41. The van der Waals surface area contributed by atoms with Gasteiger partial charge in [0.15, 0.2) is 0 Å². The number of amides is 2. The van der Waals surface area contributed by atoms with E-state index in [9.17, 15) is 14.7 Å². The molecular formula is C28H35N3O4. The SMILES string of the molecule is COc1ccccc1C1=CCN(CC(O)CCNC(=O)c2ccc3c(c2)C(C)(C)C(=O)N3C)CC1. The Balaban J connectivity index is 1.26. The first-order valence-corrected chi connectivity index (χ1v) is 12.2. The predicted molar refractivity (Wildman–Crippen MR) is 138 cm³/mol. The molecule has 0 saturated carbocycles. The van der Waals surface area contributed by atoms with Crippen LogP contribution in [0.5, 0.6) is 5.75 Å². The number of para-hydroxylation sites is 1. The maximum Gasteiger partial charge on any atom is 0.251 e. The third-order valence-electron chi connectivity index (χ3n) is 7.11. The predicted octanol–water partition coefficient (Wildman–Crippen LogP) is 3.22. The minimum atomic E-state index is -0.648. The Hall–Kier alpha value is -3.16. The molecule has 0 bridgehead atoms. The average Bonchev–Trinajstić information content (AvgIpc) is 3.04. The van der Waals surface area contributed by atoms with Crippen molar-refractivity contribution < 1.29 is 19.4 Å². The summed E-state index contributed by atoms with van der Waals surface area (Å²) >= 11 is 0. The van der Waals surface area contributed by atoms with Crippen LogP contribution in [0, 0.1) is 0 Å². The number of nitrogens with one attached hydrogen (secondary N) is 1. The first-order chi connectivity index (χ1) is 16.7. The molecule has 7 heteroatoms. The van der Waals surface area contributed by atoms with Crippen LogP contribution in [0.3, 0.4) is 0 Å². The van der Waals surface area contributed by atoms with Crippen LogP contribution < -0.4 is 15.0 Å². The summed E-state index contributed by atoms with van der Waals surface area (Å²) in [5, 5.41) is 13.4. The first kappa shape index (κ1) is 24.9. The van der Waals surface area contributed by atoms with Crippen LogP contribution in [0.15, 0.2) is 48.5 Å². The van der Waals surface area contributed by atoms with Gasteiger partial charge in [-0.2, -0.15) is 0 Å². The highest BCUT2D eigenvalue weighted by molar-refractivity contribution is 6.08. The smallest absolute Gasteiger partial charge is 0.251 e. The van der Waals surface area contributed by atoms with Crippen molar-refractivity contribution in [2.24, 2.45) is 0 Å². The van der Waals surface area contributed by atoms with E-state index in [1.807, 2.05) is 44.2 Å². The van der Waals surface area contributed by atoms with E-state index in [-0.39, 0.29) is 11.8 Å². The molecule has 186 valence electrons. The Morgan fingerprint density at radius 2 is 2.00 bits per heavy atom. The lowest BCUT2D eigenvalue weighted by atomic mass is 9.85. The average molecular weight is 478 g/mol. The number of carbonyl (C=O) groups is 2. The molecule has 2 amide bonds. The van der Waals surface area contributed by atoms with Gasteiger partial charge in [0.05, 0.1) is 18.6 Å². The summed E-state index contributed by atoms with van der Waals surface area (Å²) in [5.74, 6) is 0.712. The molecule has 2 aliphatic heterocycles. The van der Waals surface area contributed by atoms with Crippen LogP contribution in [0.25, 0.3) is 5.57 Å². The number of rotatable bonds is 8. The van der Waals surface area contributed by atoms with E-state index in [1.165, 1.54) is 5.57 Å². The lowest BCUT2D eigenvalue weighted by molar-refractivity contribution is -0.121. The maximum absolute atomic E-state index is 12.7. The number of carbonyl (C=O) groups excluding carboxylic acids is 2. The molecule has 2 aromatic carbocycles. The lowest BCUT2D eigenvalue weighted by Gasteiger charge is -2.28. The van der Waals surface area contributed by atoms with Gasteiger partial charge in [0.2, 0.25) is 5.91 Å². The van der Waals surface area contributed by atoms with Crippen molar-refractivity contribution in [1.82, 2.24) is 10.2 Å². The summed E-state index contributed by atoms with van der Waals surface area (Å²) in [6, 6.07) is 13.4. The molecule has 35 heavy (non-hydrogen) atoms. The Labute approximate surface area is 207 Å². The van der Waals surface area contributed by atoms with Crippen molar-refractivity contribution in [2.45, 2.75) is 38.2 Å². The molecule has 0 saturated heterocycles. The van der Waals surface area contributed by atoms with Crippen LogP contribution in [0.1, 0.15) is 48.2 Å². The molecular weight excluding hydrogens is 442 g/mol.